The van der Waals surface area contributed by atoms with Gasteiger partial charge in [-0.25, -0.2) is 9.37 Å². The molecule has 0 bridgehead atoms. The van der Waals surface area contributed by atoms with Crippen molar-refractivity contribution >= 4 is 34.7 Å². The Morgan fingerprint density at radius 3 is 2.33 bits per heavy atom. The lowest BCUT2D eigenvalue weighted by atomic mass is 9.85. The van der Waals surface area contributed by atoms with Gasteiger partial charge in [0.25, 0.3) is 0 Å². The van der Waals surface area contributed by atoms with E-state index in [1.165, 1.54) is 11.0 Å². The second-order valence-corrected chi connectivity index (χ2v) is 17.5. The number of phenolic OH excluding ortho intramolecular Hbond substituents is 1. The number of amides is 3. The van der Waals surface area contributed by atoms with E-state index in [-0.39, 0.29) is 43.1 Å². The molecular weight excluding hydrogens is 784 g/mol. The van der Waals surface area contributed by atoms with E-state index in [9.17, 15) is 24.6 Å². The third-order valence-electron chi connectivity index (χ3n) is 11.3. The van der Waals surface area contributed by atoms with E-state index in [1.807, 2.05) is 80.3 Å². The highest BCUT2D eigenvalue weighted by Crippen LogP contribution is 2.33. The van der Waals surface area contributed by atoms with E-state index in [0.717, 1.165) is 21.7 Å². The van der Waals surface area contributed by atoms with Gasteiger partial charge in [0.15, 0.2) is 0 Å². The van der Waals surface area contributed by atoms with Crippen molar-refractivity contribution in [2.24, 2.45) is 5.41 Å². The number of para-hydroxylation sites is 1. The second kappa shape index (κ2) is 17.8. The van der Waals surface area contributed by atoms with Gasteiger partial charge in [0.2, 0.25) is 17.7 Å². The minimum Gasteiger partial charge on any atom is -0.507 e. The number of β-amino-alcohol motifs (C(OH)–C–C–N with tert-alkyl or cyclic N) is 1. The summed E-state index contributed by atoms with van der Waals surface area (Å²) < 4.78 is 15.6. The average Bonchev–Trinajstić information content (AvgIpc) is 3.85. The van der Waals surface area contributed by atoms with Crippen LogP contribution in [0.1, 0.15) is 51.4 Å². The maximum absolute atomic E-state index is 15.6. The molecule has 2 aliphatic rings. The molecule has 4 atom stereocenters. The van der Waals surface area contributed by atoms with Crippen molar-refractivity contribution in [3.05, 3.63) is 102 Å². The normalized spacial score (nSPS) is 18.2. The first-order chi connectivity index (χ1) is 28.7. The number of aliphatic hydroxyl groups is 1. The Morgan fingerprint density at radius 2 is 1.67 bits per heavy atom. The number of carbonyl (C=O) groups is 3. The molecule has 2 aromatic heterocycles. The molecule has 3 amide bonds. The number of piperazine rings is 1. The number of halogens is 1. The van der Waals surface area contributed by atoms with Crippen LogP contribution >= 0.6 is 11.3 Å². The summed E-state index contributed by atoms with van der Waals surface area (Å²) in [5, 5.41) is 35.1. The smallest absolute Gasteiger partial charge is 0.246 e. The maximum Gasteiger partial charge on any atom is 0.246 e. The van der Waals surface area contributed by atoms with Gasteiger partial charge in [-0.2, -0.15) is 10.2 Å². The number of aromatic hydroxyl groups is 1. The summed E-state index contributed by atoms with van der Waals surface area (Å²) >= 11 is 1.57. The van der Waals surface area contributed by atoms with Gasteiger partial charge in [-0.05, 0) is 66.3 Å². The summed E-state index contributed by atoms with van der Waals surface area (Å²) in [6.45, 7) is 11.4. The van der Waals surface area contributed by atoms with E-state index in [1.54, 1.807) is 53.9 Å². The molecule has 7 rings (SSSR count). The molecule has 3 aromatic carbocycles. The highest BCUT2D eigenvalue weighted by molar-refractivity contribution is 7.13. The Labute approximate surface area is 353 Å². The molecule has 2 saturated heterocycles. The van der Waals surface area contributed by atoms with Crippen LogP contribution in [0.2, 0.25) is 0 Å². The quantitative estimate of drug-likeness (QED) is 0.132. The number of benzene rings is 3. The summed E-state index contributed by atoms with van der Waals surface area (Å²) in [5.41, 5.74) is 6.75. The standard InChI is InChI=1S/C45H51FN8O5S/c1-27(29-10-12-30(13-11-29)41-28(2)47-26-60-41)49-43(58)38-22-33(55)24-54(38)44(59)42(45(3,4)5)50-40(57)25-52-16-18-53(19-17-52)37-15-14-31(20-35(37)46)32-21-36(51-48-23-32)34-8-6-7-9-39(34)56/h6-15,20-21,23,26-27,33,38,42,55-56H,16-19,22,24-25H2,1-5H3,(H,49,58)(H,50,57)/t27-,33+,38-,42+/m0/s1. The lowest BCUT2D eigenvalue weighted by Gasteiger charge is -2.38. The molecule has 0 unspecified atom stereocenters. The monoisotopic (exact) mass is 834 g/mol. The second-order valence-electron chi connectivity index (χ2n) is 16.7. The summed E-state index contributed by atoms with van der Waals surface area (Å²) in [4.78, 5) is 52.2. The maximum atomic E-state index is 15.6. The van der Waals surface area contributed by atoms with Crippen LogP contribution < -0.4 is 15.5 Å². The molecule has 0 radical (unpaired) electrons. The van der Waals surface area contributed by atoms with Gasteiger partial charge in [0.1, 0.15) is 23.7 Å². The Bertz CT molecular complexity index is 2340. The van der Waals surface area contributed by atoms with Crippen molar-refractivity contribution in [2.45, 2.75) is 65.3 Å². The number of aromatic nitrogens is 3. The van der Waals surface area contributed by atoms with Crippen molar-refractivity contribution in [1.29, 1.82) is 0 Å². The number of aryl methyl sites for hydroxylation is 1. The van der Waals surface area contributed by atoms with E-state index >= 15 is 4.39 Å². The molecular formula is C45H51FN8O5S. The fraction of sp³-hybridized carbons (Fsp3) is 0.378. The highest BCUT2D eigenvalue weighted by atomic mass is 32.1. The first kappa shape index (κ1) is 42.4. The number of rotatable bonds is 11. The van der Waals surface area contributed by atoms with Crippen LogP contribution in [0.15, 0.2) is 84.5 Å². The Kier molecular flexibility index (Phi) is 12.6. The lowest BCUT2D eigenvalue weighted by Crippen LogP contribution is -2.59. The Hall–Kier alpha value is -5.77. The van der Waals surface area contributed by atoms with E-state index in [0.29, 0.717) is 54.3 Å². The largest absolute Gasteiger partial charge is 0.507 e. The number of phenols is 1. The Balaban J connectivity index is 0.937. The van der Waals surface area contributed by atoms with Crippen molar-refractivity contribution in [1.82, 2.24) is 35.6 Å². The average molecular weight is 835 g/mol. The molecule has 15 heteroatoms. The van der Waals surface area contributed by atoms with Gasteiger partial charge in [-0.3, -0.25) is 19.3 Å². The molecule has 0 aliphatic carbocycles. The van der Waals surface area contributed by atoms with Gasteiger partial charge >= 0.3 is 0 Å². The predicted octanol–water partition coefficient (Wildman–Crippen LogP) is 5.58. The van der Waals surface area contributed by atoms with Crippen LogP contribution in [0.5, 0.6) is 5.75 Å². The summed E-state index contributed by atoms with van der Waals surface area (Å²) in [6, 6.07) is 19.3. The van der Waals surface area contributed by atoms with Gasteiger partial charge in [-0.1, -0.05) is 63.2 Å². The molecule has 13 nitrogen and oxygen atoms in total. The SMILES string of the molecule is Cc1ncsc1-c1ccc([C@H](C)NC(=O)[C@@H]2C[C@@H](O)CN2C(=O)[C@@H](NC(=O)CN2CCN(c3ccc(-c4cnnc(-c5ccccc5O)c4)cc3F)CC2)C(C)(C)C)cc1. The zero-order valence-corrected chi connectivity index (χ0v) is 35.2. The minimum atomic E-state index is -0.954. The third kappa shape index (κ3) is 9.48. The topological polar surface area (TPSA) is 164 Å². The lowest BCUT2D eigenvalue weighted by molar-refractivity contribution is -0.144. The molecule has 60 heavy (non-hydrogen) atoms. The summed E-state index contributed by atoms with van der Waals surface area (Å²) in [6.07, 6.45) is 0.761. The molecule has 2 aliphatic heterocycles. The minimum absolute atomic E-state index is 0.0190. The number of thiazole rings is 1. The molecule has 0 saturated carbocycles. The first-order valence-electron chi connectivity index (χ1n) is 20.1. The fourth-order valence-electron chi connectivity index (χ4n) is 7.86. The van der Waals surface area contributed by atoms with Crippen LogP contribution in [-0.2, 0) is 14.4 Å². The Morgan fingerprint density at radius 1 is 0.950 bits per heavy atom. The number of aliphatic hydroxyl groups excluding tert-OH is 1. The number of hydrogen-bond donors (Lipinski definition) is 4. The van der Waals surface area contributed by atoms with Crippen LogP contribution in [0.25, 0.3) is 32.8 Å². The molecule has 5 aromatic rings. The number of nitrogens with one attached hydrogen (secondary N) is 2. The molecule has 4 heterocycles. The van der Waals surface area contributed by atoms with E-state index in [2.05, 4.69) is 25.8 Å². The van der Waals surface area contributed by atoms with Crippen LogP contribution in [0.3, 0.4) is 0 Å². The van der Waals surface area contributed by atoms with Crippen LogP contribution in [0, 0.1) is 18.2 Å². The molecule has 0 spiro atoms. The first-order valence-corrected chi connectivity index (χ1v) is 21.0. The zero-order chi connectivity index (χ0) is 42.7. The zero-order valence-electron chi connectivity index (χ0n) is 34.4. The van der Waals surface area contributed by atoms with E-state index < -0.39 is 35.3 Å². The van der Waals surface area contributed by atoms with Crippen molar-refractivity contribution in [2.75, 3.05) is 44.2 Å². The number of nitrogens with zero attached hydrogens (tertiary/aromatic N) is 6. The number of anilines is 1. The predicted molar refractivity (Wildman–Crippen MR) is 230 cm³/mol. The third-order valence-corrected chi connectivity index (χ3v) is 12.2. The van der Waals surface area contributed by atoms with Gasteiger partial charge in [-0.15, -0.1) is 11.3 Å². The van der Waals surface area contributed by atoms with Crippen LogP contribution in [0.4, 0.5) is 10.1 Å². The molecule has 2 fully saturated rings. The molecule has 314 valence electrons. The van der Waals surface area contributed by atoms with Crippen molar-refractivity contribution < 1.29 is 29.0 Å². The number of carbonyl (C=O) groups excluding carboxylic acids is 3. The fourth-order valence-corrected chi connectivity index (χ4v) is 8.67. The summed E-state index contributed by atoms with van der Waals surface area (Å²) in [5.74, 6) is -1.45. The highest BCUT2D eigenvalue weighted by Gasteiger charge is 2.45. The van der Waals surface area contributed by atoms with E-state index in [4.69, 9.17) is 0 Å². The number of hydrogen-bond acceptors (Lipinski definition) is 11. The van der Waals surface area contributed by atoms with Crippen molar-refractivity contribution in [3.63, 3.8) is 0 Å². The van der Waals surface area contributed by atoms with Gasteiger partial charge in [0.05, 0.1) is 52.4 Å². The summed E-state index contributed by atoms with van der Waals surface area (Å²) in [7, 11) is 0. The van der Waals surface area contributed by atoms with Gasteiger partial charge in [0, 0.05) is 50.3 Å². The molecule has 4 N–H and O–H groups in total. The van der Waals surface area contributed by atoms with Crippen molar-refractivity contribution in [3.8, 4) is 38.6 Å². The van der Waals surface area contributed by atoms with Crippen LogP contribution in [-0.4, -0.2) is 110 Å². The van der Waals surface area contributed by atoms with Gasteiger partial charge < -0.3 is 30.6 Å². The number of likely N-dealkylation sites (tertiary alicyclic amines) is 1.